The molecule has 1 aliphatic heterocycles. The standard InChI is InChI=1S/C15H18N4O/c1-11-5-6-12-10-19(9-8-18(2)14(12)17-11)15(20)13-4-3-7-16-13/h3-7,16H,8-10H2,1-2H3. The predicted octanol–water partition coefficient (Wildman–Crippen LogP) is 1.81. The van der Waals surface area contributed by atoms with Crippen molar-refractivity contribution in [3.8, 4) is 0 Å². The van der Waals surface area contributed by atoms with E-state index in [0.29, 0.717) is 18.8 Å². The largest absolute Gasteiger partial charge is 0.358 e. The zero-order valence-corrected chi connectivity index (χ0v) is 11.8. The number of hydrogen-bond donors (Lipinski definition) is 1. The number of pyridine rings is 1. The van der Waals surface area contributed by atoms with E-state index in [1.54, 1.807) is 6.20 Å². The number of nitrogens with zero attached hydrogens (tertiary/aromatic N) is 3. The van der Waals surface area contributed by atoms with Gasteiger partial charge in [0, 0.05) is 44.1 Å². The van der Waals surface area contributed by atoms with Crippen molar-refractivity contribution >= 4 is 11.7 Å². The van der Waals surface area contributed by atoms with E-state index in [0.717, 1.165) is 23.6 Å². The summed E-state index contributed by atoms with van der Waals surface area (Å²) in [5, 5.41) is 0. The van der Waals surface area contributed by atoms with Gasteiger partial charge in [0.15, 0.2) is 0 Å². The van der Waals surface area contributed by atoms with Crippen LogP contribution in [0.2, 0.25) is 0 Å². The number of fused-ring (bicyclic) bond motifs is 1. The number of nitrogens with one attached hydrogen (secondary N) is 1. The molecule has 0 aromatic carbocycles. The summed E-state index contributed by atoms with van der Waals surface area (Å²) in [6.07, 6.45) is 1.77. The topological polar surface area (TPSA) is 52.2 Å². The van der Waals surface area contributed by atoms with Crippen LogP contribution >= 0.6 is 0 Å². The van der Waals surface area contributed by atoms with Gasteiger partial charge in [-0.25, -0.2) is 4.98 Å². The van der Waals surface area contributed by atoms with Crippen molar-refractivity contribution in [2.24, 2.45) is 0 Å². The van der Waals surface area contributed by atoms with E-state index in [-0.39, 0.29) is 5.91 Å². The molecule has 0 spiro atoms. The Hall–Kier alpha value is -2.30. The molecule has 5 heteroatoms. The van der Waals surface area contributed by atoms with Crippen LogP contribution < -0.4 is 4.90 Å². The number of carbonyl (C=O) groups is 1. The van der Waals surface area contributed by atoms with Crippen molar-refractivity contribution in [1.29, 1.82) is 0 Å². The fourth-order valence-corrected chi connectivity index (χ4v) is 2.49. The Morgan fingerprint density at radius 1 is 1.30 bits per heavy atom. The third-order valence-electron chi connectivity index (χ3n) is 3.64. The summed E-state index contributed by atoms with van der Waals surface area (Å²) in [5.41, 5.74) is 2.73. The van der Waals surface area contributed by atoms with Gasteiger partial charge in [-0.15, -0.1) is 0 Å². The van der Waals surface area contributed by atoms with Crippen molar-refractivity contribution < 1.29 is 4.79 Å². The molecule has 0 aliphatic carbocycles. The van der Waals surface area contributed by atoms with Crippen molar-refractivity contribution in [1.82, 2.24) is 14.9 Å². The Bertz CT molecular complexity index is 621. The van der Waals surface area contributed by atoms with Crippen LogP contribution in [0, 0.1) is 6.92 Å². The SMILES string of the molecule is Cc1ccc2c(n1)N(C)CCN(C(=O)c1ccc[nH]1)C2. The van der Waals surface area contributed by atoms with Gasteiger partial charge in [0.1, 0.15) is 11.5 Å². The number of amides is 1. The number of hydrogen-bond acceptors (Lipinski definition) is 3. The van der Waals surface area contributed by atoms with E-state index >= 15 is 0 Å². The van der Waals surface area contributed by atoms with Gasteiger partial charge in [-0.1, -0.05) is 6.07 Å². The molecule has 3 heterocycles. The molecular weight excluding hydrogens is 252 g/mol. The molecular formula is C15H18N4O. The Labute approximate surface area is 118 Å². The molecule has 20 heavy (non-hydrogen) atoms. The zero-order valence-electron chi connectivity index (χ0n) is 11.8. The first-order chi connectivity index (χ1) is 9.65. The van der Waals surface area contributed by atoms with Gasteiger partial charge in [-0.2, -0.15) is 0 Å². The van der Waals surface area contributed by atoms with Gasteiger partial charge in [0.2, 0.25) is 0 Å². The van der Waals surface area contributed by atoms with Crippen molar-refractivity contribution in [2.45, 2.75) is 13.5 Å². The summed E-state index contributed by atoms with van der Waals surface area (Å²) < 4.78 is 0. The van der Waals surface area contributed by atoms with Gasteiger partial charge < -0.3 is 14.8 Å². The summed E-state index contributed by atoms with van der Waals surface area (Å²) in [7, 11) is 2.02. The number of rotatable bonds is 1. The lowest BCUT2D eigenvalue weighted by Gasteiger charge is -2.20. The highest BCUT2D eigenvalue weighted by molar-refractivity contribution is 5.92. The summed E-state index contributed by atoms with van der Waals surface area (Å²) in [6.45, 7) is 4.07. The first-order valence-electron chi connectivity index (χ1n) is 6.75. The first kappa shape index (κ1) is 12.7. The summed E-state index contributed by atoms with van der Waals surface area (Å²) in [6, 6.07) is 7.71. The van der Waals surface area contributed by atoms with Crippen molar-refractivity contribution in [3.63, 3.8) is 0 Å². The molecule has 2 aromatic heterocycles. The summed E-state index contributed by atoms with van der Waals surface area (Å²) in [5.74, 6) is 1.02. The third-order valence-corrected chi connectivity index (χ3v) is 3.64. The minimum atomic E-state index is 0.0387. The molecule has 1 N–H and O–H groups in total. The Morgan fingerprint density at radius 2 is 2.15 bits per heavy atom. The quantitative estimate of drug-likeness (QED) is 0.860. The number of aryl methyl sites for hydroxylation is 1. The summed E-state index contributed by atoms with van der Waals surface area (Å²) in [4.78, 5) is 24.0. The number of H-pyrrole nitrogens is 1. The average molecular weight is 270 g/mol. The number of likely N-dealkylation sites (N-methyl/N-ethyl adjacent to an activating group) is 1. The Morgan fingerprint density at radius 3 is 2.90 bits per heavy atom. The van der Waals surface area contributed by atoms with Crippen molar-refractivity contribution in [2.75, 3.05) is 25.0 Å². The molecule has 3 rings (SSSR count). The second-order valence-electron chi connectivity index (χ2n) is 5.17. The maximum absolute atomic E-state index is 12.5. The molecule has 0 bridgehead atoms. The molecule has 1 amide bonds. The van der Waals surface area contributed by atoms with Gasteiger partial charge >= 0.3 is 0 Å². The smallest absolute Gasteiger partial charge is 0.270 e. The molecule has 0 saturated heterocycles. The molecule has 1 aliphatic rings. The molecule has 0 fully saturated rings. The highest BCUT2D eigenvalue weighted by atomic mass is 16.2. The minimum Gasteiger partial charge on any atom is -0.358 e. The maximum atomic E-state index is 12.5. The first-order valence-corrected chi connectivity index (χ1v) is 6.75. The van der Waals surface area contributed by atoms with E-state index in [9.17, 15) is 4.79 Å². The second kappa shape index (κ2) is 5.00. The molecule has 104 valence electrons. The van der Waals surface area contributed by atoms with E-state index in [1.807, 2.05) is 37.1 Å². The highest BCUT2D eigenvalue weighted by Gasteiger charge is 2.23. The third kappa shape index (κ3) is 2.27. The fourth-order valence-electron chi connectivity index (χ4n) is 2.49. The molecule has 0 saturated carbocycles. The van der Waals surface area contributed by atoms with Crippen LogP contribution in [0.3, 0.4) is 0 Å². The van der Waals surface area contributed by atoms with Crippen molar-refractivity contribution in [3.05, 3.63) is 47.4 Å². The lowest BCUT2D eigenvalue weighted by Crippen LogP contribution is -2.34. The molecule has 0 radical (unpaired) electrons. The fraction of sp³-hybridized carbons (Fsp3) is 0.333. The number of aromatic nitrogens is 2. The Balaban J connectivity index is 1.90. The van der Waals surface area contributed by atoms with Crippen LogP contribution in [0.25, 0.3) is 0 Å². The van der Waals surface area contributed by atoms with Crippen LogP contribution in [-0.4, -0.2) is 40.9 Å². The van der Waals surface area contributed by atoms with Crippen LogP contribution in [0.15, 0.2) is 30.5 Å². The molecule has 0 unspecified atom stereocenters. The lowest BCUT2D eigenvalue weighted by atomic mass is 10.2. The van der Waals surface area contributed by atoms with Gasteiger partial charge in [-0.3, -0.25) is 4.79 Å². The van der Waals surface area contributed by atoms with Gasteiger partial charge in [0.05, 0.1) is 0 Å². The van der Waals surface area contributed by atoms with Gasteiger partial charge in [0.25, 0.3) is 5.91 Å². The van der Waals surface area contributed by atoms with E-state index in [1.165, 1.54) is 0 Å². The van der Waals surface area contributed by atoms with Gasteiger partial charge in [-0.05, 0) is 25.1 Å². The maximum Gasteiger partial charge on any atom is 0.270 e. The highest BCUT2D eigenvalue weighted by Crippen LogP contribution is 2.23. The summed E-state index contributed by atoms with van der Waals surface area (Å²) >= 11 is 0. The van der Waals surface area contributed by atoms with E-state index in [2.05, 4.69) is 20.9 Å². The van der Waals surface area contributed by atoms with Crippen LogP contribution in [0.5, 0.6) is 0 Å². The Kier molecular flexibility index (Phi) is 3.18. The van der Waals surface area contributed by atoms with Crippen LogP contribution in [-0.2, 0) is 6.54 Å². The minimum absolute atomic E-state index is 0.0387. The average Bonchev–Trinajstić information content (AvgIpc) is 2.92. The molecule has 5 nitrogen and oxygen atoms in total. The van der Waals surface area contributed by atoms with Crippen LogP contribution in [0.1, 0.15) is 21.7 Å². The van der Waals surface area contributed by atoms with E-state index in [4.69, 9.17) is 0 Å². The molecule has 2 aromatic rings. The number of carbonyl (C=O) groups excluding carboxylic acids is 1. The van der Waals surface area contributed by atoms with E-state index < -0.39 is 0 Å². The van der Waals surface area contributed by atoms with Crippen LogP contribution in [0.4, 0.5) is 5.82 Å². The molecule has 0 atom stereocenters. The number of anilines is 1. The second-order valence-corrected chi connectivity index (χ2v) is 5.17. The lowest BCUT2D eigenvalue weighted by molar-refractivity contribution is 0.0746. The zero-order chi connectivity index (χ0) is 14.1. The monoisotopic (exact) mass is 270 g/mol. The number of aromatic amines is 1. The predicted molar refractivity (Wildman–Crippen MR) is 77.8 cm³/mol. The normalized spacial score (nSPS) is 14.9.